The Morgan fingerprint density at radius 3 is 2.68 bits per heavy atom. The third kappa shape index (κ3) is 4.09. The Hall–Kier alpha value is -2.32. The van der Waals surface area contributed by atoms with Crippen molar-refractivity contribution in [1.29, 1.82) is 0 Å². The normalized spacial score (nSPS) is 15.2. The fourth-order valence-electron chi connectivity index (χ4n) is 1.84. The summed E-state index contributed by atoms with van der Waals surface area (Å²) in [6, 6.07) is 3.40. The number of hydrogen-bond donors (Lipinski definition) is 1. The number of alkyl halides is 3. The third-order valence-electron chi connectivity index (χ3n) is 2.99. The van der Waals surface area contributed by atoms with Crippen molar-refractivity contribution in [3.05, 3.63) is 23.9 Å². The number of hydrogen-bond acceptors (Lipinski definition) is 4. The molecule has 1 N–H and O–H groups in total. The van der Waals surface area contributed by atoms with Crippen LogP contribution in [0.3, 0.4) is 0 Å². The number of carbonyl (C=O) groups is 2. The SMILES string of the molecule is CC(=O)NCC(=O)N1CC(Oc2cccc(C(F)(F)F)n2)C1. The highest BCUT2D eigenvalue weighted by Gasteiger charge is 2.35. The van der Waals surface area contributed by atoms with Crippen molar-refractivity contribution >= 4 is 11.8 Å². The molecule has 2 amide bonds. The molecule has 1 aromatic rings. The first kappa shape index (κ1) is 16.1. The number of rotatable bonds is 4. The van der Waals surface area contributed by atoms with Gasteiger partial charge in [-0.3, -0.25) is 9.59 Å². The van der Waals surface area contributed by atoms with Gasteiger partial charge in [-0.15, -0.1) is 0 Å². The van der Waals surface area contributed by atoms with Crippen LogP contribution in [-0.2, 0) is 15.8 Å². The standard InChI is InChI=1S/C13H14F3N3O3/c1-8(20)17-5-12(21)19-6-9(7-19)22-11-4-2-3-10(18-11)13(14,15)16/h2-4,9H,5-7H2,1H3,(H,17,20). The average Bonchev–Trinajstić information content (AvgIpc) is 2.39. The van der Waals surface area contributed by atoms with Crippen LogP contribution in [0.4, 0.5) is 13.2 Å². The topological polar surface area (TPSA) is 71.5 Å². The highest BCUT2D eigenvalue weighted by Crippen LogP contribution is 2.29. The zero-order chi connectivity index (χ0) is 16.3. The van der Waals surface area contributed by atoms with Crippen LogP contribution in [-0.4, -0.2) is 47.4 Å². The van der Waals surface area contributed by atoms with Crippen molar-refractivity contribution in [2.24, 2.45) is 0 Å². The van der Waals surface area contributed by atoms with E-state index in [0.29, 0.717) is 0 Å². The molecule has 6 nitrogen and oxygen atoms in total. The van der Waals surface area contributed by atoms with Gasteiger partial charge in [0.05, 0.1) is 19.6 Å². The zero-order valence-electron chi connectivity index (χ0n) is 11.7. The summed E-state index contributed by atoms with van der Waals surface area (Å²) in [5.74, 6) is -0.712. The van der Waals surface area contributed by atoms with E-state index in [-0.39, 0.29) is 37.3 Å². The van der Waals surface area contributed by atoms with Crippen molar-refractivity contribution < 1.29 is 27.5 Å². The van der Waals surface area contributed by atoms with E-state index in [1.807, 2.05) is 0 Å². The molecule has 0 unspecified atom stereocenters. The van der Waals surface area contributed by atoms with Crippen LogP contribution in [0.2, 0.25) is 0 Å². The van der Waals surface area contributed by atoms with Crippen molar-refractivity contribution in [2.45, 2.75) is 19.2 Å². The quantitative estimate of drug-likeness (QED) is 0.893. The molecule has 120 valence electrons. The minimum Gasteiger partial charge on any atom is -0.471 e. The van der Waals surface area contributed by atoms with Crippen LogP contribution in [0.5, 0.6) is 5.88 Å². The Kier molecular flexibility index (Phi) is 4.53. The van der Waals surface area contributed by atoms with E-state index in [0.717, 1.165) is 6.07 Å². The summed E-state index contributed by atoms with van der Waals surface area (Å²) >= 11 is 0. The van der Waals surface area contributed by atoms with Crippen LogP contribution < -0.4 is 10.1 Å². The molecule has 2 heterocycles. The van der Waals surface area contributed by atoms with Gasteiger partial charge in [-0.2, -0.15) is 13.2 Å². The molecular weight excluding hydrogens is 303 g/mol. The second-order valence-electron chi connectivity index (χ2n) is 4.81. The van der Waals surface area contributed by atoms with Gasteiger partial charge < -0.3 is 15.0 Å². The first-order valence-electron chi connectivity index (χ1n) is 6.49. The average molecular weight is 317 g/mol. The molecule has 1 aliphatic heterocycles. The minimum absolute atomic E-state index is 0.107. The Morgan fingerprint density at radius 2 is 2.09 bits per heavy atom. The maximum absolute atomic E-state index is 12.5. The van der Waals surface area contributed by atoms with Gasteiger partial charge >= 0.3 is 6.18 Å². The lowest BCUT2D eigenvalue weighted by Crippen LogP contribution is -2.58. The molecule has 1 aliphatic rings. The molecule has 0 aromatic carbocycles. The Bertz CT molecular complexity index is 571. The predicted octanol–water partition coefficient (Wildman–Crippen LogP) is 0.826. The molecule has 22 heavy (non-hydrogen) atoms. The summed E-state index contributed by atoms with van der Waals surface area (Å²) in [4.78, 5) is 27.1. The number of carbonyl (C=O) groups excluding carboxylic acids is 2. The monoisotopic (exact) mass is 317 g/mol. The van der Waals surface area contributed by atoms with Gasteiger partial charge in [0.25, 0.3) is 0 Å². The fraction of sp³-hybridized carbons (Fsp3) is 0.462. The molecule has 9 heteroatoms. The molecule has 1 saturated heterocycles. The van der Waals surface area contributed by atoms with E-state index in [9.17, 15) is 22.8 Å². The molecule has 0 radical (unpaired) electrons. The number of pyridine rings is 1. The summed E-state index contributed by atoms with van der Waals surface area (Å²) in [6.07, 6.45) is -4.93. The second-order valence-corrected chi connectivity index (χ2v) is 4.81. The molecule has 2 rings (SSSR count). The van der Waals surface area contributed by atoms with Gasteiger partial charge in [-0.1, -0.05) is 6.07 Å². The van der Waals surface area contributed by atoms with Gasteiger partial charge in [-0.25, -0.2) is 4.98 Å². The van der Waals surface area contributed by atoms with E-state index >= 15 is 0 Å². The van der Waals surface area contributed by atoms with Crippen LogP contribution in [0.1, 0.15) is 12.6 Å². The van der Waals surface area contributed by atoms with Gasteiger partial charge in [-0.05, 0) is 6.07 Å². The minimum atomic E-state index is -4.53. The van der Waals surface area contributed by atoms with Crippen LogP contribution >= 0.6 is 0 Å². The first-order chi connectivity index (χ1) is 10.3. The predicted molar refractivity (Wildman–Crippen MR) is 68.9 cm³/mol. The Balaban J connectivity index is 1.83. The lowest BCUT2D eigenvalue weighted by atomic mass is 10.1. The Labute approximate surface area is 124 Å². The lowest BCUT2D eigenvalue weighted by Gasteiger charge is -2.38. The smallest absolute Gasteiger partial charge is 0.433 e. The van der Waals surface area contributed by atoms with Gasteiger partial charge in [0.15, 0.2) is 0 Å². The molecule has 0 atom stereocenters. The molecular formula is C13H14F3N3O3. The van der Waals surface area contributed by atoms with Crippen LogP contribution in [0.25, 0.3) is 0 Å². The second kappa shape index (κ2) is 6.20. The zero-order valence-corrected chi connectivity index (χ0v) is 11.7. The number of nitrogens with zero attached hydrogens (tertiary/aromatic N) is 2. The van der Waals surface area contributed by atoms with Crippen molar-refractivity contribution in [3.63, 3.8) is 0 Å². The number of nitrogens with one attached hydrogen (secondary N) is 1. The van der Waals surface area contributed by atoms with Gasteiger partial charge in [0, 0.05) is 13.0 Å². The number of amides is 2. The van der Waals surface area contributed by atoms with E-state index < -0.39 is 18.0 Å². The summed E-state index contributed by atoms with van der Waals surface area (Å²) in [7, 11) is 0. The van der Waals surface area contributed by atoms with E-state index in [2.05, 4.69) is 10.3 Å². The summed E-state index contributed by atoms with van der Waals surface area (Å²) in [5.41, 5.74) is -1.03. The van der Waals surface area contributed by atoms with Crippen LogP contribution in [0.15, 0.2) is 18.2 Å². The maximum Gasteiger partial charge on any atom is 0.433 e. The molecule has 0 spiro atoms. The summed E-state index contributed by atoms with van der Waals surface area (Å²) in [6.45, 7) is 1.69. The molecule has 0 aliphatic carbocycles. The van der Waals surface area contributed by atoms with Gasteiger partial charge in [0.1, 0.15) is 11.8 Å². The highest BCUT2D eigenvalue weighted by molar-refractivity contribution is 5.84. The number of halogens is 3. The van der Waals surface area contributed by atoms with Gasteiger partial charge in [0.2, 0.25) is 17.7 Å². The van der Waals surface area contributed by atoms with E-state index in [4.69, 9.17) is 4.74 Å². The highest BCUT2D eigenvalue weighted by atomic mass is 19.4. The largest absolute Gasteiger partial charge is 0.471 e. The summed E-state index contributed by atoms with van der Waals surface area (Å²) in [5, 5.41) is 2.37. The number of likely N-dealkylation sites (tertiary alicyclic amines) is 1. The number of aromatic nitrogens is 1. The van der Waals surface area contributed by atoms with Crippen LogP contribution in [0, 0.1) is 0 Å². The van der Waals surface area contributed by atoms with Crippen molar-refractivity contribution in [2.75, 3.05) is 19.6 Å². The van der Waals surface area contributed by atoms with E-state index in [1.54, 1.807) is 0 Å². The maximum atomic E-state index is 12.5. The molecule has 0 saturated carbocycles. The van der Waals surface area contributed by atoms with Crippen molar-refractivity contribution in [1.82, 2.24) is 15.2 Å². The van der Waals surface area contributed by atoms with Crippen molar-refractivity contribution in [3.8, 4) is 5.88 Å². The number of ether oxygens (including phenoxy) is 1. The first-order valence-corrected chi connectivity index (χ1v) is 6.49. The lowest BCUT2D eigenvalue weighted by molar-refractivity contribution is -0.142. The fourth-order valence-corrected chi connectivity index (χ4v) is 1.84. The van der Waals surface area contributed by atoms with E-state index in [1.165, 1.54) is 24.0 Å². The molecule has 1 fully saturated rings. The third-order valence-corrected chi connectivity index (χ3v) is 2.99. The Morgan fingerprint density at radius 1 is 1.41 bits per heavy atom. The summed E-state index contributed by atoms with van der Waals surface area (Å²) < 4.78 is 42.8. The molecule has 1 aromatic heterocycles. The molecule has 0 bridgehead atoms.